The third-order valence-corrected chi connectivity index (χ3v) is 3.01. The average molecular weight is 252 g/mol. The number of hydrogen-bond donors (Lipinski definition) is 1. The zero-order chi connectivity index (χ0) is 13.3. The fraction of sp³-hybridized carbons (Fsp3) is 0.235. The molecule has 2 aromatic carbocycles. The molecule has 0 radical (unpaired) electrons. The molecule has 0 fully saturated rings. The van der Waals surface area contributed by atoms with Gasteiger partial charge in [-0.1, -0.05) is 60.7 Å². The molecule has 0 aliphatic heterocycles. The van der Waals surface area contributed by atoms with Gasteiger partial charge in [0.05, 0.1) is 6.54 Å². The highest BCUT2D eigenvalue weighted by Gasteiger charge is 1.95. The molecule has 0 unspecified atom stereocenters. The van der Waals surface area contributed by atoms with Gasteiger partial charge in [0.25, 0.3) is 0 Å². The lowest BCUT2D eigenvalue weighted by molar-refractivity contribution is 0.738. The molecule has 0 spiro atoms. The van der Waals surface area contributed by atoms with Gasteiger partial charge in [0, 0.05) is 5.71 Å². The van der Waals surface area contributed by atoms with Crippen LogP contribution in [0, 0.1) is 0 Å². The molecule has 0 heterocycles. The van der Waals surface area contributed by atoms with Crippen LogP contribution in [0.15, 0.2) is 65.8 Å². The lowest BCUT2D eigenvalue weighted by Crippen LogP contribution is -2.09. The largest absolute Gasteiger partial charge is 0.306 e. The topological polar surface area (TPSA) is 24.4 Å². The quantitative estimate of drug-likeness (QED) is 0.614. The second-order valence-electron chi connectivity index (χ2n) is 4.65. The second-order valence-corrected chi connectivity index (χ2v) is 4.65. The van der Waals surface area contributed by atoms with E-state index in [0.717, 1.165) is 25.1 Å². The summed E-state index contributed by atoms with van der Waals surface area (Å²) in [5.74, 6) is 0. The molecule has 0 aliphatic rings. The molecule has 0 aromatic heterocycles. The predicted octanol–water partition coefficient (Wildman–Crippen LogP) is 3.78. The first kappa shape index (κ1) is 13.3. The van der Waals surface area contributed by atoms with Gasteiger partial charge in [-0.05, 0) is 30.9 Å². The van der Waals surface area contributed by atoms with Crippen molar-refractivity contribution in [3.63, 3.8) is 0 Å². The van der Waals surface area contributed by atoms with Crippen LogP contribution in [0.3, 0.4) is 0 Å². The summed E-state index contributed by atoms with van der Waals surface area (Å²) in [6.45, 7) is 2.85. The van der Waals surface area contributed by atoms with Crippen molar-refractivity contribution < 1.29 is 0 Å². The first-order valence-electron chi connectivity index (χ1n) is 6.68. The predicted molar refractivity (Wildman–Crippen MR) is 81.2 cm³/mol. The Morgan fingerprint density at radius 1 is 0.895 bits per heavy atom. The normalized spacial score (nSPS) is 11.3. The summed E-state index contributed by atoms with van der Waals surface area (Å²) in [4.78, 5) is 0. The van der Waals surface area contributed by atoms with Gasteiger partial charge in [-0.2, -0.15) is 5.10 Å². The minimum atomic E-state index is 0.781. The molecule has 0 atom stereocenters. The van der Waals surface area contributed by atoms with Crippen molar-refractivity contribution in [2.24, 2.45) is 5.10 Å². The van der Waals surface area contributed by atoms with E-state index in [1.165, 1.54) is 11.1 Å². The standard InChI is InChI=1S/C17H20N2/c1-15(12-13-16-8-4-2-5-9-16)19-18-14-17-10-6-3-7-11-17/h2-11,18H,12-14H2,1H3/b19-15+. The van der Waals surface area contributed by atoms with Gasteiger partial charge in [-0.3, -0.25) is 0 Å². The number of hydrogen-bond acceptors (Lipinski definition) is 2. The van der Waals surface area contributed by atoms with E-state index in [1.807, 2.05) is 24.3 Å². The summed E-state index contributed by atoms with van der Waals surface area (Å²) in [5.41, 5.74) is 6.88. The van der Waals surface area contributed by atoms with Crippen LogP contribution in [0.4, 0.5) is 0 Å². The summed E-state index contributed by atoms with van der Waals surface area (Å²) in [6.07, 6.45) is 2.04. The maximum absolute atomic E-state index is 4.40. The van der Waals surface area contributed by atoms with Crippen LogP contribution in [0.1, 0.15) is 24.5 Å². The first-order chi connectivity index (χ1) is 9.34. The van der Waals surface area contributed by atoms with E-state index >= 15 is 0 Å². The summed E-state index contributed by atoms with van der Waals surface area (Å²) in [7, 11) is 0. The van der Waals surface area contributed by atoms with Crippen molar-refractivity contribution in [2.45, 2.75) is 26.3 Å². The summed E-state index contributed by atoms with van der Waals surface area (Å²) in [6, 6.07) is 20.8. The van der Waals surface area contributed by atoms with Gasteiger partial charge >= 0.3 is 0 Å². The van der Waals surface area contributed by atoms with Crippen molar-refractivity contribution in [1.82, 2.24) is 5.43 Å². The molecule has 2 nitrogen and oxygen atoms in total. The molecular weight excluding hydrogens is 232 g/mol. The number of rotatable bonds is 6. The van der Waals surface area contributed by atoms with Crippen molar-refractivity contribution in [2.75, 3.05) is 0 Å². The molecule has 19 heavy (non-hydrogen) atoms. The van der Waals surface area contributed by atoms with Crippen LogP contribution in [0.5, 0.6) is 0 Å². The maximum atomic E-state index is 4.40. The Hall–Kier alpha value is -2.09. The fourth-order valence-electron chi connectivity index (χ4n) is 1.89. The lowest BCUT2D eigenvalue weighted by Gasteiger charge is -2.04. The highest BCUT2D eigenvalue weighted by atomic mass is 15.3. The molecular formula is C17H20N2. The number of hydrazone groups is 1. The average Bonchev–Trinajstić information content (AvgIpc) is 2.47. The summed E-state index contributed by atoms with van der Waals surface area (Å²) < 4.78 is 0. The number of nitrogens with one attached hydrogen (secondary N) is 1. The summed E-state index contributed by atoms with van der Waals surface area (Å²) in [5, 5.41) is 4.40. The Bertz CT molecular complexity index is 503. The van der Waals surface area contributed by atoms with Gasteiger partial charge in [0.15, 0.2) is 0 Å². The molecule has 0 saturated heterocycles. The van der Waals surface area contributed by atoms with Gasteiger partial charge in [-0.25, -0.2) is 0 Å². The van der Waals surface area contributed by atoms with Crippen LogP contribution in [0.2, 0.25) is 0 Å². The molecule has 2 aromatic rings. The Morgan fingerprint density at radius 3 is 2.11 bits per heavy atom. The van der Waals surface area contributed by atoms with Crippen molar-refractivity contribution in [3.05, 3.63) is 71.8 Å². The Labute approximate surface area is 115 Å². The molecule has 0 amide bonds. The molecule has 1 N–H and O–H groups in total. The summed E-state index contributed by atoms with van der Waals surface area (Å²) >= 11 is 0. The SMILES string of the molecule is C/C(CCc1ccccc1)=N\NCc1ccccc1. The third kappa shape index (κ3) is 4.96. The monoisotopic (exact) mass is 252 g/mol. The van der Waals surface area contributed by atoms with E-state index in [4.69, 9.17) is 0 Å². The minimum Gasteiger partial charge on any atom is -0.306 e. The van der Waals surface area contributed by atoms with E-state index in [1.54, 1.807) is 0 Å². The smallest absolute Gasteiger partial charge is 0.0580 e. The zero-order valence-electron chi connectivity index (χ0n) is 11.3. The molecule has 2 heteroatoms. The van der Waals surface area contributed by atoms with Gasteiger partial charge in [0.2, 0.25) is 0 Å². The zero-order valence-corrected chi connectivity index (χ0v) is 11.3. The number of benzene rings is 2. The Balaban J connectivity index is 1.74. The van der Waals surface area contributed by atoms with Crippen LogP contribution < -0.4 is 5.43 Å². The fourth-order valence-corrected chi connectivity index (χ4v) is 1.89. The number of nitrogens with zero attached hydrogens (tertiary/aromatic N) is 1. The van der Waals surface area contributed by atoms with Crippen LogP contribution in [0.25, 0.3) is 0 Å². The van der Waals surface area contributed by atoms with Crippen LogP contribution in [-0.2, 0) is 13.0 Å². The van der Waals surface area contributed by atoms with Gasteiger partial charge in [0.1, 0.15) is 0 Å². The number of aryl methyl sites for hydroxylation is 1. The van der Waals surface area contributed by atoms with E-state index in [0.29, 0.717) is 0 Å². The Kier molecular flexibility index (Phi) is 5.17. The van der Waals surface area contributed by atoms with E-state index in [-0.39, 0.29) is 0 Å². The molecule has 98 valence electrons. The maximum Gasteiger partial charge on any atom is 0.0580 e. The first-order valence-corrected chi connectivity index (χ1v) is 6.68. The second kappa shape index (κ2) is 7.37. The van der Waals surface area contributed by atoms with E-state index in [2.05, 4.69) is 53.8 Å². The van der Waals surface area contributed by atoms with Crippen LogP contribution >= 0.6 is 0 Å². The Morgan fingerprint density at radius 2 is 1.47 bits per heavy atom. The van der Waals surface area contributed by atoms with Gasteiger partial charge < -0.3 is 5.43 Å². The van der Waals surface area contributed by atoms with Crippen molar-refractivity contribution >= 4 is 5.71 Å². The highest BCUT2D eigenvalue weighted by Crippen LogP contribution is 2.03. The minimum absolute atomic E-state index is 0.781. The molecule has 0 bridgehead atoms. The van der Waals surface area contributed by atoms with E-state index in [9.17, 15) is 0 Å². The van der Waals surface area contributed by atoms with Crippen molar-refractivity contribution in [3.8, 4) is 0 Å². The van der Waals surface area contributed by atoms with Crippen molar-refractivity contribution in [1.29, 1.82) is 0 Å². The van der Waals surface area contributed by atoms with Crippen LogP contribution in [-0.4, -0.2) is 5.71 Å². The highest BCUT2D eigenvalue weighted by molar-refractivity contribution is 5.81. The lowest BCUT2D eigenvalue weighted by atomic mass is 10.1. The molecule has 2 rings (SSSR count). The van der Waals surface area contributed by atoms with E-state index < -0.39 is 0 Å². The molecule has 0 saturated carbocycles. The third-order valence-electron chi connectivity index (χ3n) is 3.01. The van der Waals surface area contributed by atoms with Gasteiger partial charge in [-0.15, -0.1) is 0 Å². The molecule has 0 aliphatic carbocycles.